The Hall–Kier alpha value is -0.840. The highest BCUT2D eigenvalue weighted by Gasteiger charge is 2.23. The minimum Gasteiger partial charge on any atom is -0.391 e. The molecule has 1 saturated carbocycles. The Balaban J connectivity index is 2.11. The second-order valence-corrected chi connectivity index (χ2v) is 5.51. The van der Waals surface area contributed by atoms with E-state index in [2.05, 4.69) is 5.32 Å². The minimum atomic E-state index is -0.301. The molecule has 0 radical (unpaired) electrons. The van der Waals surface area contributed by atoms with Crippen molar-refractivity contribution in [2.24, 2.45) is 5.73 Å². The molecule has 0 bridgehead atoms. The van der Waals surface area contributed by atoms with Gasteiger partial charge in [0.2, 0.25) is 0 Å². The summed E-state index contributed by atoms with van der Waals surface area (Å²) in [4.78, 5) is 0.334. The Labute approximate surface area is 117 Å². The molecule has 0 aliphatic heterocycles. The van der Waals surface area contributed by atoms with E-state index in [4.69, 9.17) is 29.6 Å². The maximum Gasteiger partial charge on any atom is 0.104 e. The van der Waals surface area contributed by atoms with Gasteiger partial charge in [-0.3, -0.25) is 0 Å². The van der Waals surface area contributed by atoms with Crippen molar-refractivity contribution < 1.29 is 5.11 Å². The number of hydrogen-bond acceptors (Lipinski definition) is 3. The number of nitrogens with one attached hydrogen (secondary N) is 1. The van der Waals surface area contributed by atoms with E-state index < -0.39 is 0 Å². The number of anilines is 1. The van der Waals surface area contributed by atoms with E-state index in [-0.39, 0.29) is 12.1 Å². The van der Waals surface area contributed by atoms with Gasteiger partial charge in [-0.15, -0.1) is 0 Å². The second kappa shape index (κ2) is 5.87. The Morgan fingerprint density at radius 2 is 2.11 bits per heavy atom. The number of nitrogens with two attached hydrogens (primary N) is 1. The SMILES string of the molecule is NC(=S)c1ccc(NC2CCCCC2O)c(Cl)c1. The van der Waals surface area contributed by atoms with Gasteiger partial charge in [-0.2, -0.15) is 0 Å². The van der Waals surface area contributed by atoms with Crippen LogP contribution < -0.4 is 11.1 Å². The Morgan fingerprint density at radius 1 is 1.39 bits per heavy atom. The molecule has 0 aromatic heterocycles. The van der Waals surface area contributed by atoms with Crippen LogP contribution in [0.3, 0.4) is 0 Å². The highest BCUT2D eigenvalue weighted by Crippen LogP contribution is 2.27. The predicted octanol–water partition coefficient (Wildman–Crippen LogP) is 2.69. The zero-order valence-corrected chi connectivity index (χ0v) is 11.6. The van der Waals surface area contributed by atoms with E-state index in [1.165, 1.54) is 0 Å². The van der Waals surface area contributed by atoms with Crippen molar-refractivity contribution >= 4 is 34.5 Å². The average molecular weight is 285 g/mol. The number of hydrogen-bond donors (Lipinski definition) is 3. The molecule has 1 aliphatic rings. The van der Waals surface area contributed by atoms with Gasteiger partial charge in [0.15, 0.2) is 0 Å². The van der Waals surface area contributed by atoms with Gasteiger partial charge >= 0.3 is 0 Å². The van der Waals surface area contributed by atoms with Gasteiger partial charge in [-0.25, -0.2) is 0 Å². The van der Waals surface area contributed by atoms with Crippen LogP contribution in [0.4, 0.5) is 5.69 Å². The summed E-state index contributed by atoms with van der Waals surface area (Å²) >= 11 is 11.1. The lowest BCUT2D eigenvalue weighted by atomic mass is 9.92. The van der Waals surface area contributed by atoms with Gasteiger partial charge < -0.3 is 16.2 Å². The van der Waals surface area contributed by atoms with E-state index in [1.54, 1.807) is 6.07 Å². The lowest BCUT2D eigenvalue weighted by Gasteiger charge is -2.29. The van der Waals surface area contributed by atoms with Crippen molar-refractivity contribution in [2.75, 3.05) is 5.32 Å². The van der Waals surface area contributed by atoms with E-state index in [0.717, 1.165) is 36.9 Å². The summed E-state index contributed by atoms with van der Waals surface area (Å²) in [5.74, 6) is 0. The van der Waals surface area contributed by atoms with Crippen molar-refractivity contribution in [2.45, 2.75) is 37.8 Å². The maximum absolute atomic E-state index is 9.92. The highest BCUT2D eigenvalue weighted by atomic mass is 35.5. The van der Waals surface area contributed by atoms with Crippen molar-refractivity contribution in [3.05, 3.63) is 28.8 Å². The van der Waals surface area contributed by atoms with Crippen LogP contribution in [0, 0.1) is 0 Å². The van der Waals surface area contributed by atoms with Crippen molar-refractivity contribution in [1.29, 1.82) is 0 Å². The third-order valence-electron chi connectivity index (χ3n) is 3.32. The molecule has 98 valence electrons. The molecule has 1 fully saturated rings. The fourth-order valence-corrected chi connectivity index (χ4v) is 2.63. The summed E-state index contributed by atoms with van der Waals surface area (Å²) < 4.78 is 0. The molecule has 1 aromatic carbocycles. The number of rotatable bonds is 3. The molecule has 0 amide bonds. The van der Waals surface area contributed by atoms with Crippen LogP contribution in [0.25, 0.3) is 0 Å². The van der Waals surface area contributed by atoms with E-state index in [1.807, 2.05) is 12.1 Å². The maximum atomic E-state index is 9.92. The molecule has 2 unspecified atom stereocenters. The Bertz CT molecular complexity index is 453. The molecule has 5 heteroatoms. The minimum absolute atomic E-state index is 0.0759. The standard InChI is InChI=1S/C13H17ClN2OS/c14-9-7-8(13(15)18)5-6-10(9)16-11-3-1-2-4-12(11)17/h5-7,11-12,16-17H,1-4H2,(H2,15,18). The summed E-state index contributed by atoms with van der Waals surface area (Å²) in [6.45, 7) is 0. The zero-order chi connectivity index (χ0) is 13.1. The fraction of sp³-hybridized carbons (Fsp3) is 0.462. The van der Waals surface area contributed by atoms with Crippen LogP contribution in [0.2, 0.25) is 5.02 Å². The van der Waals surface area contributed by atoms with Gasteiger partial charge in [-0.1, -0.05) is 36.7 Å². The number of thiocarbonyl (C=S) groups is 1. The number of aliphatic hydroxyl groups is 1. The first kappa shape index (κ1) is 13.6. The monoisotopic (exact) mass is 284 g/mol. The molecule has 3 nitrogen and oxygen atoms in total. The summed E-state index contributed by atoms with van der Waals surface area (Å²) in [7, 11) is 0. The quantitative estimate of drug-likeness (QED) is 0.747. The van der Waals surface area contributed by atoms with Crippen molar-refractivity contribution in [3.8, 4) is 0 Å². The summed E-state index contributed by atoms with van der Waals surface area (Å²) in [5, 5.41) is 13.8. The summed E-state index contributed by atoms with van der Waals surface area (Å²) in [5.41, 5.74) is 7.13. The van der Waals surface area contributed by atoms with Gasteiger partial charge in [0.05, 0.1) is 22.9 Å². The van der Waals surface area contributed by atoms with E-state index in [0.29, 0.717) is 10.0 Å². The van der Waals surface area contributed by atoms with Crippen LogP contribution in [0.1, 0.15) is 31.2 Å². The molecule has 2 rings (SSSR count). The smallest absolute Gasteiger partial charge is 0.104 e. The van der Waals surface area contributed by atoms with Gasteiger partial charge in [-0.05, 0) is 31.0 Å². The van der Waals surface area contributed by atoms with Crippen LogP contribution in [-0.4, -0.2) is 22.2 Å². The first-order chi connectivity index (χ1) is 8.58. The summed E-state index contributed by atoms with van der Waals surface area (Å²) in [6.07, 6.45) is 3.74. The lowest BCUT2D eigenvalue weighted by Crippen LogP contribution is -2.36. The number of aliphatic hydroxyl groups excluding tert-OH is 1. The van der Waals surface area contributed by atoms with Crippen LogP contribution >= 0.6 is 23.8 Å². The highest BCUT2D eigenvalue weighted by molar-refractivity contribution is 7.80. The zero-order valence-electron chi connectivity index (χ0n) is 10.0. The van der Waals surface area contributed by atoms with Crippen LogP contribution in [0.5, 0.6) is 0 Å². The van der Waals surface area contributed by atoms with Gasteiger partial charge in [0.25, 0.3) is 0 Å². The average Bonchev–Trinajstić information content (AvgIpc) is 2.34. The van der Waals surface area contributed by atoms with Crippen molar-refractivity contribution in [3.63, 3.8) is 0 Å². The number of halogens is 1. The summed E-state index contributed by atoms with van der Waals surface area (Å²) in [6, 6.07) is 5.53. The molecule has 18 heavy (non-hydrogen) atoms. The molecule has 1 aromatic rings. The molecule has 0 saturated heterocycles. The van der Waals surface area contributed by atoms with Crippen molar-refractivity contribution in [1.82, 2.24) is 0 Å². The first-order valence-corrected chi connectivity index (χ1v) is 6.90. The second-order valence-electron chi connectivity index (χ2n) is 4.66. The first-order valence-electron chi connectivity index (χ1n) is 6.12. The molecule has 0 heterocycles. The third kappa shape index (κ3) is 3.13. The van der Waals surface area contributed by atoms with Crippen LogP contribution in [0.15, 0.2) is 18.2 Å². The third-order valence-corrected chi connectivity index (χ3v) is 3.87. The van der Waals surface area contributed by atoms with E-state index >= 15 is 0 Å². The van der Waals surface area contributed by atoms with E-state index in [9.17, 15) is 5.11 Å². The van der Waals surface area contributed by atoms with Gasteiger partial charge in [0, 0.05) is 5.56 Å². The largest absolute Gasteiger partial charge is 0.391 e. The van der Waals surface area contributed by atoms with Gasteiger partial charge in [0.1, 0.15) is 4.99 Å². The Kier molecular flexibility index (Phi) is 4.43. The lowest BCUT2D eigenvalue weighted by molar-refractivity contribution is 0.116. The predicted molar refractivity (Wildman–Crippen MR) is 79.2 cm³/mol. The molecular weight excluding hydrogens is 268 g/mol. The molecular formula is C13H17ClN2OS. The topological polar surface area (TPSA) is 58.3 Å². The molecule has 4 N–H and O–H groups in total. The number of benzene rings is 1. The molecule has 1 aliphatic carbocycles. The molecule has 2 atom stereocenters. The normalized spacial score (nSPS) is 23.7. The molecule has 0 spiro atoms. The fourth-order valence-electron chi connectivity index (χ4n) is 2.26. The Morgan fingerprint density at radius 3 is 2.72 bits per heavy atom. The van der Waals surface area contributed by atoms with Crippen LogP contribution in [-0.2, 0) is 0 Å².